The predicted molar refractivity (Wildman–Crippen MR) is 85.1 cm³/mol. The van der Waals surface area contributed by atoms with Gasteiger partial charge in [0.25, 0.3) is 0 Å². The van der Waals surface area contributed by atoms with E-state index in [1.165, 1.54) is 11.1 Å². The van der Waals surface area contributed by atoms with Gasteiger partial charge in [-0.3, -0.25) is 0 Å². The smallest absolute Gasteiger partial charge is 0.118 e. The third-order valence-corrected chi connectivity index (χ3v) is 3.06. The van der Waals surface area contributed by atoms with Crippen molar-refractivity contribution in [1.82, 2.24) is 0 Å². The molecule has 1 rings (SSSR count). The average molecular weight is 274 g/mol. The van der Waals surface area contributed by atoms with E-state index in [0.29, 0.717) is 0 Å². The maximum atomic E-state index is 5.53. The molecule has 0 aromatic heterocycles. The molecule has 2 heteroatoms. The van der Waals surface area contributed by atoms with Gasteiger partial charge in [-0.1, -0.05) is 31.2 Å². The molecule has 0 saturated carbocycles. The number of ether oxygens (including phenoxy) is 2. The SMILES string of the molecule is CC/C=C\CCO/C=C(\C)CCc1ccc(OC)cc1. The molecule has 0 N–H and O–H groups in total. The van der Waals surface area contributed by atoms with Gasteiger partial charge in [-0.05, 0) is 55.9 Å². The first-order valence-corrected chi connectivity index (χ1v) is 7.31. The number of benzene rings is 1. The van der Waals surface area contributed by atoms with E-state index in [1.54, 1.807) is 7.11 Å². The zero-order valence-corrected chi connectivity index (χ0v) is 12.9. The first kappa shape index (κ1) is 16.4. The monoisotopic (exact) mass is 274 g/mol. The number of aryl methyl sites for hydroxylation is 1. The van der Waals surface area contributed by atoms with Gasteiger partial charge < -0.3 is 9.47 Å². The second kappa shape index (κ2) is 10.1. The fourth-order valence-electron chi connectivity index (χ4n) is 1.81. The Labute approximate surface area is 123 Å². The van der Waals surface area contributed by atoms with Crippen LogP contribution in [0.1, 0.15) is 38.7 Å². The van der Waals surface area contributed by atoms with Crippen molar-refractivity contribution in [3.63, 3.8) is 0 Å². The van der Waals surface area contributed by atoms with Crippen molar-refractivity contribution in [1.29, 1.82) is 0 Å². The predicted octanol–water partition coefficient (Wildman–Crippen LogP) is 4.90. The van der Waals surface area contributed by atoms with Crippen molar-refractivity contribution in [2.75, 3.05) is 13.7 Å². The van der Waals surface area contributed by atoms with Crippen LogP contribution in [0, 0.1) is 0 Å². The quantitative estimate of drug-likeness (QED) is 0.362. The molecular weight excluding hydrogens is 248 g/mol. The molecule has 110 valence electrons. The van der Waals surface area contributed by atoms with Gasteiger partial charge in [0.05, 0.1) is 20.0 Å². The van der Waals surface area contributed by atoms with E-state index in [4.69, 9.17) is 9.47 Å². The lowest BCUT2D eigenvalue weighted by atomic mass is 10.1. The summed E-state index contributed by atoms with van der Waals surface area (Å²) < 4.78 is 10.7. The molecule has 0 amide bonds. The summed E-state index contributed by atoms with van der Waals surface area (Å²) in [7, 11) is 1.69. The van der Waals surface area contributed by atoms with E-state index in [2.05, 4.69) is 38.1 Å². The lowest BCUT2D eigenvalue weighted by Crippen LogP contribution is -1.90. The largest absolute Gasteiger partial charge is 0.501 e. The van der Waals surface area contributed by atoms with Crippen molar-refractivity contribution in [3.05, 3.63) is 53.8 Å². The van der Waals surface area contributed by atoms with Crippen LogP contribution in [0.25, 0.3) is 0 Å². The lowest BCUT2D eigenvalue weighted by Gasteiger charge is -2.05. The van der Waals surface area contributed by atoms with Crippen molar-refractivity contribution in [3.8, 4) is 5.75 Å². The molecule has 0 aliphatic carbocycles. The van der Waals surface area contributed by atoms with Crippen LogP contribution in [0.3, 0.4) is 0 Å². The van der Waals surface area contributed by atoms with Crippen LogP contribution in [0.4, 0.5) is 0 Å². The highest BCUT2D eigenvalue weighted by Gasteiger charge is 1.96. The van der Waals surface area contributed by atoms with Crippen LogP contribution in [0.5, 0.6) is 5.75 Å². The Balaban J connectivity index is 2.23. The van der Waals surface area contributed by atoms with Crippen LogP contribution in [-0.2, 0) is 11.2 Å². The molecule has 1 aromatic rings. The van der Waals surface area contributed by atoms with E-state index < -0.39 is 0 Å². The molecule has 0 heterocycles. The van der Waals surface area contributed by atoms with Gasteiger partial charge in [-0.15, -0.1) is 0 Å². The minimum Gasteiger partial charge on any atom is -0.501 e. The summed E-state index contributed by atoms with van der Waals surface area (Å²) in [6, 6.07) is 8.24. The highest BCUT2D eigenvalue weighted by molar-refractivity contribution is 5.27. The lowest BCUT2D eigenvalue weighted by molar-refractivity contribution is 0.252. The van der Waals surface area contributed by atoms with Crippen molar-refractivity contribution in [2.45, 2.75) is 39.5 Å². The Morgan fingerprint density at radius 3 is 2.55 bits per heavy atom. The summed E-state index contributed by atoms with van der Waals surface area (Å²) in [5, 5.41) is 0. The third kappa shape index (κ3) is 7.03. The Kier molecular flexibility index (Phi) is 8.28. The van der Waals surface area contributed by atoms with E-state index >= 15 is 0 Å². The highest BCUT2D eigenvalue weighted by Crippen LogP contribution is 2.14. The Hall–Kier alpha value is -1.70. The third-order valence-electron chi connectivity index (χ3n) is 3.06. The summed E-state index contributed by atoms with van der Waals surface area (Å²) in [6.45, 7) is 5.02. The minimum absolute atomic E-state index is 0.760. The molecule has 0 aliphatic heterocycles. The van der Waals surface area contributed by atoms with Gasteiger partial charge in [-0.25, -0.2) is 0 Å². The van der Waals surface area contributed by atoms with Gasteiger partial charge in [0.1, 0.15) is 5.75 Å². The summed E-state index contributed by atoms with van der Waals surface area (Å²) in [5.41, 5.74) is 2.60. The number of hydrogen-bond donors (Lipinski definition) is 0. The molecule has 0 atom stereocenters. The maximum Gasteiger partial charge on any atom is 0.118 e. The van der Waals surface area contributed by atoms with E-state index in [1.807, 2.05) is 18.4 Å². The molecule has 2 nitrogen and oxygen atoms in total. The standard InChI is InChI=1S/C18H26O2/c1-4-5-6-7-14-20-15-16(2)8-9-17-10-12-18(19-3)13-11-17/h5-6,10-13,15H,4,7-9,14H2,1-3H3/b6-5-,16-15+. The molecule has 0 aliphatic rings. The number of rotatable bonds is 9. The molecule has 0 spiro atoms. The zero-order valence-electron chi connectivity index (χ0n) is 12.9. The van der Waals surface area contributed by atoms with Gasteiger partial charge in [0.2, 0.25) is 0 Å². The first-order chi connectivity index (χ1) is 9.76. The minimum atomic E-state index is 0.760. The Bertz CT molecular complexity index is 416. The van der Waals surface area contributed by atoms with E-state index in [9.17, 15) is 0 Å². The van der Waals surface area contributed by atoms with Gasteiger partial charge in [0, 0.05) is 0 Å². The molecule has 0 radical (unpaired) electrons. The normalized spacial score (nSPS) is 11.8. The van der Waals surface area contributed by atoms with E-state index in [-0.39, 0.29) is 0 Å². The van der Waals surface area contributed by atoms with Crippen LogP contribution in [0.15, 0.2) is 48.3 Å². The van der Waals surface area contributed by atoms with Crippen molar-refractivity contribution < 1.29 is 9.47 Å². The van der Waals surface area contributed by atoms with Crippen LogP contribution < -0.4 is 4.74 Å². The fourth-order valence-corrected chi connectivity index (χ4v) is 1.81. The molecule has 0 fully saturated rings. The molecule has 0 saturated heterocycles. The highest BCUT2D eigenvalue weighted by atomic mass is 16.5. The summed E-state index contributed by atoms with van der Waals surface area (Å²) in [4.78, 5) is 0. The number of methoxy groups -OCH3 is 1. The zero-order chi connectivity index (χ0) is 14.6. The summed E-state index contributed by atoms with van der Waals surface area (Å²) in [5.74, 6) is 0.907. The Morgan fingerprint density at radius 2 is 1.90 bits per heavy atom. The molecule has 0 bridgehead atoms. The second-order valence-electron chi connectivity index (χ2n) is 4.85. The molecule has 1 aromatic carbocycles. The number of hydrogen-bond acceptors (Lipinski definition) is 2. The number of allylic oxidation sites excluding steroid dienone is 2. The molecule has 20 heavy (non-hydrogen) atoms. The van der Waals surface area contributed by atoms with Crippen LogP contribution in [0.2, 0.25) is 0 Å². The van der Waals surface area contributed by atoms with Gasteiger partial charge in [0.15, 0.2) is 0 Å². The van der Waals surface area contributed by atoms with Crippen molar-refractivity contribution in [2.24, 2.45) is 0 Å². The van der Waals surface area contributed by atoms with Gasteiger partial charge >= 0.3 is 0 Å². The maximum absolute atomic E-state index is 5.53. The van der Waals surface area contributed by atoms with Crippen LogP contribution in [-0.4, -0.2) is 13.7 Å². The molecular formula is C18H26O2. The fraction of sp³-hybridized carbons (Fsp3) is 0.444. The topological polar surface area (TPSA) is 18.5 Å². The van der Waals surface area contributed by atoms with Crippen LogP contribution >= 0.6 is 0 Å². The summed E-state index contributed by atoms with van der Waals surface area (Å²) >= 11 is 0. The second-order valence-corrected chi connectivity index (χ2v) is 4.85. The Morgan fingerprint density at radius 1 is 1.15 bits per heavy atom. The molecule has 0 unspecified atom stereocenters. The average Bonchev–Trinajstić information content (AvgIpc) is 2.49. The summed E-state index contributed by atoms with van der Waals surface area (Å²) in [6.07, 6.45) is 10.4. The first-order valence-electron chi connectivity index (χ1n) is 7.31. The van der Waals surface area contributed by atoms with E-state index in [0.717, 1.165) is 38.0 Å². The van der Waals surface area contributed by atoms with Crippen molar-refractivity contribution >= 4 is 0 Å². The van der Waals surface area contributed by atoms with Gasteiger partial charge in [-0.2, -0.15) is 0 Å².